The quantitative estimate of drug-likeness (QED) is 0.746. The summed E-state index contributed by atoms with van der Waals surface area (Å²) in [4.78, 5) is 0. The van der Waals surface area contributed by atoms with Gasteiger partial charge in [0.15, 0.2) is 0 Å². The average Bonchev–Trinajstić information content (AvgIpc) is 2.31. The summed E-state index contributed by atoms with van der Waals surface area (Å²) in [6, 6.07) is 7.86. The number of ether oxygens (including phenoxy) is 2. The zero-order valence-electron chi connectivity index (χ0n) is 8.57. The van der Waals surface area contributed by atoms with Crippen LogP contribution in [0.3, 0.4) is 0 Å². The first kappa shape index (κ1) is 9.84. The highest BCUT2D eigenvalue weighted by molar-refractivity contribution is 5.76. The smallest absolute Gasteiger partial charge is 0.230 e. The minimum Gasteiger partial charge on any atom is -0.493 e. The van der Waals surface area contributed by atoms with E-state index < -0.39 is 0 Å². The van der Waals surface area contributed by atoms with Crippen LogP contribution in [-0.2, 0) is 4.74 Å². The Hall–Kier alpha value is -1.70. The third-order valence-corrected chi connectivity index (χ3v) is 2.06. The summed E-state index contributed by atoms with van der Waals surface area (Å²) in [5.74, 6) is 0.859. The maximum Gasteiger partial charge on any atom is 0.230 e. The molecule has 0 aromatic heterocycles. The molecule has 76 valence electrons. The van der Waals surface area contributed by atoms with Gasteiger partial charge in [0.2, 0.25) is 6.61 Å². The van der Waals surface area contributed by atoms with E-state index >= 15 is 0 Å². The van der Waals surface area contributed by atoms with E-state index in [1.165, 1.54) is 0 Å². The predicted molar refractivity (Wildman–Crippen MR) is 59.1 cm³/mol. The standard InChI is InChI=1S/C13H12O2/c1-2-15-13-8-4-3-7-12(13)11-6-5-9-14-10-11/h3-9H,2H2,1H3. The molecule has 2 rings (SSSR count). The molecule has 0 aliphatic carbocycles. The second-order valence-electron chi connectivity index (χ2n) is 3.06. The number of rotatable bonds is 3. The molecule has 0 saturated carbocycles. The number of allylic oxidation sites excluding steroid dienone is 2. The van der Waals surface area contributed by atoms with Crippen molar-refractivity contribution >= 4 is 5.57 Å². The van der Waals surface area contributed by atoms with E-state index in [9.17, 15) is 0 Å². The maximum atomic E-state index is 5.53. The summed E-state index contributed by atoms with van der Waals surface area (Å²) < 4.78 is 10.5. The molecule has 15 heavy (non-hydrogen) atoms. The van der Waals surface area contributed by atoms with Gasteiger partial charge in [0.1, 0.15) is 5.75 Å². The fourth-order valence-corrected chi connectivity index (χ4v) is 1.42. The van der Waals surface area contributed by atoms with Gasteiger partial charge in [-0.3, -0.25) is 0 Å². The Morgan fingerprint density at radius 2 is 2.20 bits per heavy atom. The lowest BCUT2D eigenvalue weighted by Crippen LogP contribution is -1.98. The van der Waals surface area contributed by atoms with Crippen LogP contribution in [0.1, 0.15) is 12.5 Å². The van der Waals surface area contributed by atoms with Gasteiger partial charge in [0.25, 0.3) is 0 Å². The van der Waals surface area contributed by atoms with E-state index in [-0.39, 0.29) is 0 Å². The van der Waals surface area contributed by atoms with Gasteiger partial charge in [-0.25, -0.2) is 0 Å². The van der Waals surface area contributed by atoms with Crippen molar-refractivity contribution in [2.24, 2.45) is 0 Å². The van der Waals surface area contributed by atoms with Crippen LogP contribution in [0.5, 0.6) is 5.75 Å². The third kappa shape index (κ3) is 2.21. The molecule has 1 aliphatic rings. The Bertz CT molecular complexity index is 391. The normalized spacial score (nSPS) is 14.3. The highest BCUT2D eigenvalue weighted by atomic mass is 16.5. The van der Waals surface area contributed by atoms with Gasteiger partial charge in [-0.1, -0.05) is 24.3 Å². The molecule has 0 spiro atoms. The molecule has 2 heteroatoms. The van der Waals surface area contributed by atoms with Gasteiger partial charge in [0.05, 0.1) is 12.9 Å². The van der Waals surface area contributed by atoms with Crippen molar-refractivity contribution in [1.82, 2.24) is 0 Å². The van der Waals surface area contributed by atoms with Crippen LogP contribution in [0.15, 0.2) is 42.7 Å². The fraction of sp³-hybridized carbons (Fsp3) is 0.154. The molecular formula is C13H12O2. The van der Waals surface area contributed by atoms with Gasteiger partial charge in [-0.15, -0.1) is 0 Å². The van der Waals surface area contributed by atoms with Crippen LogP contribution >= 0.6 is 0 Å². The molecule has 0 N–H and O–H groups in total. The molecule has 0 atom stereocenters. The Kier molecular flexibility index (Phi) is 3.08. The van der Waals surface area contributed by atoms with Crippen LogP contribution in [0.2, 0.25) is 0 Å². The Balaban J connectivity index is 2.33. The monoisotopic (exact) mass is 200 g/mol. The second kappa shape index (κ2) is 4.69. The molecule has 0 fully saturated rings. The van der Waals surface area contributed by atoms with Crippen LogP contribution in [0.4, 0.5) is 0 Å². The second-order valence-corrected chi connectivity index (χ2v) is 3.06. The van der Waals surface area contributed by atoms with Crippen molar-refractivity contribution in [3.05, 3.63) is 54.8 Å². The van der Waals surface area contributed by atoms with Crippen molar-refractivity contribution in [3.63, 3.8) is 0 Å². The molecule has 2 nitrogen and oxygen atoms in total. The summed E-state index contributed by atoms with van der Waals surface area (Å²) in [5.41, 5.74) is 1.91. The predicted octanol–water partition coefficient (Wildman–Crippen LogP) is 3.05. The summed E-state index contributed by atoms with van der Waals surface area (Å²) in [5, 5.41) is 0. The Morgan fingerprint density at radius 1 is 1.33 bits per heavy atom. The Morgan fingerprint density at radius 3 is 2.93 bits per heavy atom. The summed E-state index contributed by atoms with van der Waals surface area (Å²) in [7, 11) is 0. The van der Waals surface area contributed by atoms with Crippen molar-refractivity contribution < 1.29 is 9.47 Å². The fourth-order valence-electron chi connectivity index (χ4n) is 1.42. The lowest BCUT2D eigenvalue weighted by Gasteiger charge is -2.13. The largest absolute Gasteiger partial charge is 0.493 e. The highest BCUT2D eigenvalue weighted by Crippen LogP contribution is 2.29. The molecule has 1 heterocycles. The zero-order valence-corrected chi connectivity index (χ0v) is 8.57. The molecule has 2 radical (unpaired) electrons. The maximum absolute atomic E-state index is 5.53. The zero-order chi connectivity index (χ0) is 10.5. The molecule has 1 aromatic carbocycles. The minimum atomic E-state index is 0.654. The van der Waals surface area contributed by atoms with Gasteiger partial charge >= 0.3 is 0 Å². The van der Waals surface area contributed by atoms with Gasteiger partial charge in [0, 0.05) is 11.1 Å². The molecule has 0 unspecified atom stereocenters. The van der Waals surface area contributed by atoms with Crippen LogP contribution < -0.4 is 4.74 Å². The third-order valence-electron chi connectivity index (χ3n) is 2.06. The van der Waals surface area contributed by atoms with Crippen LogP contribution in [0, 0.1) is 6.61 Å². The molecule has 0 bridgehead atoms. The van der Waals surface area contributed by atoms with Crippen LogP contribution in [-0.4, -0.2) is 6.61 Å². The van der Waals surface area contributed by atoms with Gasteiger partial charge in [-0.2, -0.15) is 0 Å². The Labute approximate surface area is 89.8 Å². The first-order valence-electron chi connectivity index (χ1n) is 4.92. The van der Waals surface area contributed by atoms with E-state index in [0.29, 0.717) is 6.61 Å². The molecule has 0 saturated heterocycles. The summed E-state index contributed by atoms with van der Waals surface area (Å²) in [6.07, 6.45) is 5.38. The summed E-state index contributed by atoms with van der Waals surface area (Å²) in [6.45, 7) is 5.45. The molecular weight excluding hydrogens is 188 g/mol. The SMILES string of the molecule is CCOc1ccccc1C1=CC=CO[C]1. The first-order chi connectivity index (χ1) is 7.42. The number of hydrogen-bond donors (Lipinski definition) is 0. The van der Waals surface area contributed by atoms with E-state index in [4.69, 9.17) is 9.47 Å². The van der Waals surface area contributed by atoms with Gasteiger partial charge < -0.3 is 9.47 Å². The average molecular weight is 200 g/mol. The van der Waals surface area contributed by atoms with Gasteiger partial charge in [-0.05, 0) is 19.1 Å². The topological polar surface area (TPSA) is 18.5 Å². The molecule has 0 amide bonds. The number of para-hydroxylation sites is 1. The van der Waals surface area contributed by atoms with E-state index in [1.807, 2.05) is 43.3 Å². The van der Waals surface area contributed by atoms with Crippen molar-refractivity contribution in [2.45, 2.75) is 6.92 Å². The van der Waals surface area contributed by atoms with Crippen molar-refractivity contribution in [3.8, 4) is 5.75 Å². The van der Waals surface area contributed by atoms with E-state index in [0.717, 1.165) is 16.9 Å². The lowest BCUT2D eigenvalue weighted by atomic mass is 10.0. The lowest BCUT2D eigenvalue weighted by molar-refractivity contribution is 0.336. The van der Waals surface area contributed by atoms with E-state index in [2.05, 4.69) is 6.61 Å². The minimum absolute atomic E-state index is 0.654. The molecule has 1 aromatic rings. The van der Waals surface area contributed by atoms with Crippen molar-refractivity contribution in [1.29, 1.82) is 0 Å². The van der Waals surface area contributed by atoms with E-state index in [1.54, 1.807) is 6.26 Å². The molecule has 1 aliphatic heterocycles. The number of benzene rings is 1. The van der Waals surface area contributed by atoms with Crippen LogP contribution in [0.25, 0.3) is 5.57 Å². The number of hydrogen-bond acceptors (Lipinski definition) is 2. The van der Waals surface area contributed by atoms with Crippen molar-refractivity contribution in [2.75, 3.05) is 6.61 Å². The highest BCUT2D eigenvalue weighted by Gasteiger charge is 2.10. The first-order valence-corrected chi connectivity index (χ1v) is 4.92. The summed E-state index contributed by atoms with van der Waals surface area (Å²) >= 11 is 0.